The van der Waals surface area contributed by atoms with E-state index in [1.54, 1.807) is 48.5 Å². The predicted molar refractivity (Wildman–Crippen MR) is 132 cm³/mol. The van der Waals surface area contributed by atoms with Crippen LogP contribution in [0.2, 0.25) is 0 Å². The maximum atomic E-state index is 14.0. The Hall–Kier alpha value is -3.42. The molecule has 0 unspecified atom stereocenters. The Kier molecular flexibility index (Phi) is 8.23. The van der Waals surface area contributed by atoms with Crippen LogP contribution in [0.15, 0.2) is 84.9 Å². The van der Waals surface area contributed by atoms with Crippen molar-refractivity contribution in [3.05, 3.63) is 119 Å². The number of hydrogen-bond donors (Lipinski definition) is 2. The summed E-state index contributed by atoms with van der Waals surface area (Å²) in [7, 11) is 0. The number of halogens is 4. The second-order valence-corrected chi connectivity index (χ2v) is 13.5. The summed E-state index contributed by atoms with van der Waals surface area (Å²) in [4.78, 5) is 25.7. The number of carbonyl (C=O) groups is 2. The van der Waals surface area contributed by atoms with Crippen LogP contribution in [0.1, 0.15) is 20.7 Å². The summed E-state index contributed by atoms with van der Waals surface area (Å²) >= 11 is -0.500. The molecule has 2 amide bonds. The van der Waals surface area contributed by atoms with Gasteiger partial charge in [-0.1, -0.05) is 0 Å². The molecule has 0 radical (unpaired) electrons. The first-order chi connectivity index (χ1) is 17.3. The van der Waals surface area contributed by atoms with Crippen molar-refractivity contribution < 1.29 is 27.2 Å². The Morgan fingerprint density at radius 3 is 1.33 bits per heavy atom. The van der Waals surface area contributed by atoms with E-state index in [0.717, 1.165) is 33.2 Å². The minimum absolute atomic E-state index is 0.135. The van der Waals surface area contributed by atoms with Gasteiger partial charge in [0.15, 0.2) is 0 Å². The summed E-state index contributed by atoms with van der Waals surface area (Å²) in [6, 6.07) is 19.5. The molecule has 0 atom stereocenters. The van der Waals surface area contributed by atoms with Gasteiger partial charge in [0.25, 0.3) is 0 Å². The number of nitrogens with one attached hydrogen (secondary N) is 2. The van der Waals surface area contributed by atoms with Crippen molar-refractivity contribution in [2.24, 2.45) is 0 Å². The third-order valence-electron chi connectivity index (χ3n) is 4.84. The van der Waals surface area contributed by atoms with Crippen LogP contribution in [0, 0.1) is 23.3 Å². The van der Waals surface area contributed by atoms with Gasteiger partial charge in [0.05, 0.1) is 0 Å². The summed E-state index contributed by atoms with van der Waals surface area (Å²) in [5, 5.41) is 4.94. The molecule has 182 valence electrons. The molecule has 4 rings (SSSR count). The van der Waals surface area contributed by atoms with Crippen LogP contribution >= 0.6 is 0 Å². The molecular weight excluding hydrogens is 606 g/mol. The normalized spacial score (nSPS) is 10.7. The van der Waals surface area contributed by atoms with Crippen molar-refractivity contribution in [2.75, 3.05) is 10.6 Å². The molecule has 0 bridgehead atoms. The fourth-order valence-corrected chi connectivity index (χ4v) is 10.2. The first kappa shape index (κ1) is 25.7. The Labute approximate surface area is 215 Å². The van der Waals surface area contributed by atoms with Crippen LogP contribution in [-0.4, -0.2) is 38.1 Å². The number of carbonyl (C=O) groups excluding carboxylic acids is 2. The molecule has 0 aromatic heterocycles. The summed E-state index contributed by atoms with van der Waals surface area (Å²) in [6.07, 6.45) is 0. The van der Waals surface area contributed by atoms with Gasteiger partial charge in [-0.15, -0.1) is 0 Å². The maximum absolute atomic E-state index is 14.0. The average Bonchev–Trinajstić information content (AvgIpc) is 2.86. The zero-order valence-corrected chi connectivity index (χ0v) is 21.7. The molecule has 10 heteroatoms. The van der Waals surface area contributed by atoms with Crippen molar-refractivity contribution in [1.29, 1.82) is 0 Å². The minimum atomic E-state index is -0.881. The summed E-state index contributed by atoms with van der Waals surface area (Å²) in [5.74, 6) is -4.33. The van der Waals surface area contributed by atoms with E-state index in [9.17, 15) is 27.2 Å². The van der Waals surface area contributed by atoms with E-state index in [4.69, 9.17) is 0 Å². The molecule has 0 saturated heterocycles. The Morgan fingerprint density at radius 2 is 0.944 bits per heavy atom. The SMILES string of the molecule is O=C(Nc1ccc(F)cc1F)c1ccccc1[Se][Se]c1ccccc1C(=O)Nc1ccc(F)cc1F. The van der Waals surface area contributed by atoms with Gasteiger partial charge in [-0.2, -0.15) is 0 Å². The molecule has 4 aromatic carbocycles. The fourth-order valence-electron chi connectivity index (χ4n) is 3.10. The van der Waals surface area contributed by atoms with Gasteiger partial charge in [0, 0.05) is 0 Å². The molecular formula is C26H16F4N2O2Se2. The van der Waals surface area contributed by atoms with Crippen LogP contribution in [-0.2, 0) is 0 Å². The van der Waals surface area contributed by atoms with Gasteiger partial charge in [-0.05, 0) is 0 Å². The summed E-state index contributed by atoms with van der Waals surface area (Å²) in [6.45, 7) is 0. The average molecular weight is 622 g/mol. The van der Waals surface area contributed by atoms with E-state index < -0.39 is 35.1 Å². The van der Waals surface area contributed by atoms with E-state index in [1.165, 1.54) is 0 Å². The van der Waals surface area contributed by atoms with E-state index in [-0.39, 0.29) is 37.6 Å². The first-order valence-corrected chi connectivity index (χ1v) is 16.4. The summed E-state index contributed by atoms with van der Waals surface area (Å²) in [5.41, 5.74) is 0.422. The fraction of sp³-hybridized carbons (Fsp3) is 0. The molecule has 4 aromatic rings. The molecule has 0 spiro atoms. The molecule has 2 N–H and O–H groups in total. The molecule has 0 fully saturated rings. The van der Waals surface area contributed by atoms with Gasteiger partial charge < -0.3 is 0 Å². The van der Waals surface area contributed by atoms with Crippen molar-refractivity contribution in [1.82, 2.24) is 0 Å². The van der Waals surface area contributed by atoms with E-state index in [2.05, 4.69) is 10.6 Å². The second kappa shape index (κ2) is 11.5. The Bertz CT molecular complexity index is 1340. The van der Waals surface area contributed by atoms with E-state index in [1.807, 2.05) is 0 Å². The number of amides is 2. The third kappa shape index (κ3) is 6.22. The molecule has 0 aliphatic carbocycles. The van der Waals surface area contributed by atoms with Gasteiger partial charge in [-0.25, -0.2) is 0 Å². The Morgan fingerprint density at radius 1 is 0.556 bits per heavy atom. The van der Waals surface area contributed by atoms with Crippen molar-refractivity contribution >= 4 is 58.4 Å². The number of hydrogen-bond acceptors (Lipinski definition) is 2. The zero-order valence-electron chi connectivity index (χ0n) is 18.2. The van der Waals surface area contributed by atoms with Crippen LogP contribution in [0.25, 0.3) is 0 Å². The monoisotopic (exact) mass is 624 g/mol. The van der Waals surface area contributed by atoms with Crippen LogP contribution in [0.3, 0.4) is 0 Å². The van der Waals surface area contributed by atoms with Crippen LogP contribution < -0.4 is 19.6 Å². The molecule has 0 saturated carbocycles. The van der Waals surface area contributed by atoms with Crippen molar-refractivity contribution in [2.45, 2.75) is 0 Å². The second-order valence-electron chi connectivity index (χ2n) is 7.32. The van der Waals surface area contributed by atoms with Gasteiger partial charge in [0.1, 0.15) is 0 Å². The third-order valence-corrected chi connectivity index (χ3v) is 12.1. The van der Waals surface area contributed by atoms with Gasteiger partial charge in [0.2, 0.25) is 0 Å². The zero-order chi connectivity index (χ0) is 25.7. The molecule has 0 aliphatic heterocycles. The van der Waals surface area contributed by atoms with Crippen molar-refractivity contribution in [3.63, 3.8) is 0 Å². The topological polar surface area (TPSA) is 58.2 Å². The van der Waals surface area contributed by atoms with Crippen LogP contribution in [0.5, 0.6) is 0 Å². The number of rotatable bonds is 7. The quantitative estimate of drug-likeness (QED) is 0.242. The van der Waals surface area contributed by atoms with Crippen molar-refractivity contribution in [3.8, 4) is 0 Å². The standard InChI is InChI=1S/C26H16F4N2O2Se2/c27-15-9-11-21(19(29)13-15)31-25(33)17-5-1-3-7-23(17)35-36-24-8-4-2-6-18(24)26(34)32-22-12-10-16(28)14-20(22)30/h1-14H,(H,31,33)(H,32,34). The van der Waals surface area contributed by atoms with Gasteiger partial charge in [-0.3, -0.25) is 0 Å². The van der Waals surface area contributed by atoms with Gasteiger partial charge >= 0.3 is 215 Å². The molecule has 36 heavy (non-hydrogen) atoms. The van der Waals surface area contributed by atoms with E-state index in [0.29, 0.717) is 23.3 Å². The molecule has 0 aliphatic rings. The first-order valence-electron chi connectivity index (χ1n) is 10.4. The predicted octanol–water partition coefficient (Wildman–Crippen LogP) is 4.02. The molecule has 0 heterocycles. The van der Waals surface area contributed by atoms with Crippen LogP contribution in [0.4, 0.5) is 28.9 Å². The Balaban J connectivity index is 1.50. The molecule has 4 nitrogen and oxygen atoms in total. The summed E-state index contributed by atoms with van der Waals surface area (Å²) < 4.78 is 55.8. The number of anilines is 2. The van der Waals surface area contributed by atoms with E-state index >= 15 is 0 Å². The number of benzene rings is 4.